The first-order valence-electron chi connectivity index (χ1n) is 14.3. The van der Waals surface area contributed by atoms with Crippen LogP contribution in [0.1, 0.15) is 32.6 Å². The summed E-state index contributed by atoms with van der Waals surface area (Å²) in [5.41, 5.74) is 10.5. The van der Waals surface area contributed by atoms with E-state index in [1.165, 1.54) is 30.2 Å². The lowest BCUT2D eigenvalue weighted by Gasteiger charge is -2.14. The lowest BCUT2D eigenvalue weighted by molar-refractivity contribution is -0.118. The number of aromatic nitrogens is 1. The van der Waals surface area contributed by atoms with Crippen molar-refractivity contribution in [3.05, 3.63) is 116 Å². The van der Waals surface area contributed by atoms with E-state index in [0.29, 0.717) is 22.6 Å². The summed E-state index contributed by atoms with van der Waals surface area (Å²) < 4.78 is 12.1. The number of amides is 2. The molecule has 234 valence electrons. The smallest absolute Gasteiger partial charge is 0.271 e. The number of hydrazone groups is 1. The number of methoxy groups -OCH3 is 1. The molecule has 0 saturated carbocycles. The van der Waals surface area contributed by atoms with Crippen LogP contribution in [0.15, 0.2) is 89.3 Å². The number of carbonyl (C=O) groups excluding carboxylic acids is 2. The van der Waals surface area contributed by atoms with E-state index in [1.807, 2.05) is 79.9 Å². The van der Waals surface area contributed by atoms with E-state index < -0.39 is 0 Å². The highest BCUT2D eigenvalue weighted by Crippen LogP contribution is 2.34. The number of aryl methyl sites for hydroxylation is 2. The summed E-state index contributed by atoms with van der Waals surface area (Å²) in [5, 5.41) is 13.1. The van der Waals surface area contributed by atoms with Crippen LogP contribution in [-0.4, -0.2) is 36.7 Å². The van der Waals surface area contributed by atoms with Gasteiger partial charge in [-0.1, -0.05) is 42.0 Å². The van der Waals surface area contributed by atoms with Crippen molar-refractivity contribution in [2.45, 2.75) is 20.8 Å². The zero-order chi connectivity index (χ0) is 32.6. The van der Waals surface area contributed by atoms with Crippen LogP contribution in [0.3, 0.4) is 0 Å². The van der Waals surface area contributed by atoms with Crippen molar-refractivity contribution in [1.29, 1.82) is 0 Å². The maximum Gasteiger partial charge on any atom is 0.271 e. The van der Waals surface area contributed by atoms with Gasteiger partial charge in [-0.3, -0.25) is 9.59 Å². The maximum atomic E-state index is 12.7. The first-order valence-corrected chi connectivity index (χ1v) is 16.3. The van der Waals surface area contributed by atoms with E-state index in [2.05, 4.69) is 55.7 Å². The third-order valence-corrected chi connectivity index (χ3v) is 8.67. The summed E-state index contributed by atoms with van der Waals surface area (Å²) in [6.07, 6.45) is 1.52. The number of hydrogen-bond donors (Lipinski definition) is 3. The standard InChI is InChI=1S/C35H32IN5O4S/c1-21-8-14-27(15-9-21)38-35-40-30(20-46-35)25-10-12-26(13-11-25)34(43)41-37-18-24-16-28(36)33(31(17-24)44-4)45-19-32(42)39-29-7-5-6-22(2)23(29)3/h5-18,20H,19H2,1-4H3,(H,38,40)(H,39,42)(H,41,43)/b37-18+. The molecule has 0 aliphatic carbocycles. The zero-order valence-corrected chi connectivity index (χ0v) is 28.7. The van der Waals surface area contributed by atoms with Crippen molar-refractivity contribution >= 4 is 68.5 Å². The number of benzene rings is 4. The number of carbonyl (C=O) groups is 2. The van der Waals surface area contributed by atoms with Crippen LogP contribution >= 0.6 is 33.9 Å². The molecule has 0 spiro atoms. The summed E-state index contributed by atoms with van der Waals surface area (Å²) in [5.74, 6) is 0.256. The fourth-order valence-corrected chi connectivity index (χ4v) is 5.93. The molecule has 2 amide bonds. The van der Waals surface area contributed by atoms with Crippen molar-refractivity contribution in [3.8, 4) is 22.8 Å². The van der Waals surface area contributed by atoms with Crippen LogP contribution in [0.2, 0.25) is 0 Å². The van der Waals surface area contributed by atoms with E-state index in [-0.39, 0.29) is 18.4 Å². The highest BCUT2D eigenvalue weighted by atomic mass is 127. The second kappa shape index (κ2) is 15.0. The normalized spacial score (nSPS) is 10.9. The van der Waals surface area contributed by atoms with Crippen LogP contribution in [0.4, 0.5) is 16.5 Å². The number of nitrogens with one attached hydrogen (secondary N) is 3. The van der Waals surface area contributed by atoms with Gasteiger partial charge in [-0.05, 0) is 103 Å². The fraction of sp³-hybridized carbons (Fsp3) is 0.143. The molecule has 0 aliphatic heterocycles. The van der Waals surface area contributed by atoms with E-state index >= 15 is 0 Å². The molecular weight excluding hydrogens is 713 g/mol. The summed E-state index contributed by atoms with van der Waals surface area (Å²) in [7, 11) is 1.52. The SMILES string of the molecule is COc1cc(/C=N/NC(=O)c2ccc(-c3csc(Nc4ccc(C)cc4)n3)cc2)cc(I)c1OCC(=O)Nc1cccc(C)c1C. The van der Waals surface area contributed by atoms with Crippen LogP contribution in [0, 0.1) is 24.3 Å². The molecular formula is C35H32IN5O4S. The molecule has 3 N–H and O–H groups in total. The number of ether oxygens (including phenoxy) is 2. The van der Waals surface area contributed by atoms with Gasteiger partial charge in [0.25, 0.3) is 11.8 Å². The average Bonchev–Trinajstić information content (AvgIpc) is 3.52. The molecule has 0 radical (unpaired) electrons. The predicted octanol–water partition coefficient (Wildman–Crippen LogP) is 7.87. The second-order valence-corrected chi connectivity index (χ2v) is 12.4. The predicted molar refractivity (Wildman–Crippen MR) is 193 cm³/mol. The molecule has 9 nitrogen and oxygen atoms in total. The molecule has 1 heterocycles. The number of nitrogens with zero attached hydrogens (tertiary/aromatic N) is 2. The third kappa shape index (κ3) is 8.29. The maximum absolute atomic E-state index is 12.7. The number of rotatable bonds is 11. The molecule has 0 unspecified atom stereocenters. The summed E-state index contributed by atoms with van der Waals surface area (Å²) in [6, 6.07) is 24.6. The first-order chi connectivity index (χ1) is 22.2. The van der Waals surface area contributed by atoms with Crippen molar-refractivity contribution in [1.82, 2.24) is 10.4 Å². The van der Waals surface area contributed by atoms with Gasteiger partial charge in [-0.25, -0.2) is 10.4 Å². The van der Waals surface area contributed by atoms with Gasteiger partial charge >= 0.3 is 0 Å². The molecule has 0 atom stereocenters. The Labute approximate surface area is 285 Å². The highest BCUT2D eigenvalue weighted by molar-refractivity contribution is 14.1. The molecule has 46 heavy (non-hydrogen) atoms. The molecule has 0 bridgehead atoms. The van der Waals surface area contributed by atoms with Crippen LogP contribution in [-0.2, 0) is 4.79 Å². The lowest BCUT2D eigenvalue weighted by atomic mass is 10.1. The quantitative estimate of drug-likeness (QED) is 0.0721. The Morgan fingerprint density at radius 2 is 1.76 bits per heavy atom. The number of hydrogen-bond acceptors (Lipinski definition) is 8. The average molecular weight is 746 g/mol. The first kappa shape index (κ1) is 32.6. The summed E-state index contributed by atoms with van der Waals surface area (Å²) in [6.45, 7) is 5.82. The molecule has 1 aromatic heterocycles. The molecule has 0 saturated heterocycles. The van der Waals surface area contributed by atoms with Crippen LogP contribution in [0.25, 0.3) is 11.3 Å². The Hall–Kier alpha value is -4.75. The molecule has 0 fully saturated rings. The van der Waals surface area contributed by atoms with Gasteiger partial charge in [0.1, 0.15) is 0 Å². The minimum absolute atomic E-state index is 0.185. The van der Waals surface area contributed by atoms with Crippen LogP contribution < -0.4 is 25.5 Å². The van der Waals surface area contributed by atoms with Gasteiger partial charge in [0.2, 0.25) is 0 Å². The van der Waals surface area contributed by atoms with E-state index in [1.54, 1.807) is 18.2 Å². The van der Waals surface area contributed by atoms with Gasteiger partial charge in [-0.2, -0.15) is 5.10 Å². The minimum atomic E-state index is -0.348. The largest absolute Gasteiger partial charge is 0.493 e. The van der Waals surface area contributed by atoms with Gasteiger partial charge in [0.15, 0.2) is 23.2 Å². The number of thiazole rings is 1. The number of halogens is 1. The molecule has 5 rings (SSSR count). The monoisotopic (exact) mass is 745 g/mol. The van der Waals surface area contributed by atoms with Gasteiger partial charge in [-0.15, -0.1) is 11.3 Å². The van der Waals surface area contributed by atoms with Gasteiger partial charge < -0.3 is 20.1 Å². The van der Waals surface area contributed by atoms with Crippen molar-refractivity contribution < 1.29 is 19.1 Å². The fourth-order valence-electron chi connectivity index (χ4n) is 4.41. The van der Waals surface area contributed by atoms with Crippen molar-refractivity contribution in [2.75, 3.05) is 24.4 Å². The number of anilines is 3. The van der Waals surface area contributed by atoms with Gasteiger partial charge in [0, 0.05) is 27.9 Å². The molecule has 0 aliphatic rings. The summed E-state index contributed by atoms with van der Waals surface area (Å²) >= 11 is 3.63. The van der Waals surface area contributed by atoms with Crippen molar-refractivity contribution in [3.63, 3.8) is 0 Å². The third-order valence-electron chi connectivity index (χ3n) is 7.11. The lowest BCUT2D eigenvalue weighted by Crippen LogP contribution is -2.21. The zero-order valence-electron chi connectivity index (χ0n) is 25.7. The second-order valence-electron chi connectivity index (χ2n) is 10.4. The Morgan fingerprint density at radius 3 is 2.50 bits per heavy atom. The van der Waals surface area contributed by atoms with E-state index in [9.17, 15) is 9.59 Å². The molecule has 5 aromatic rings. The topological polar surface area (TPSA) is 114 Å². The van der Waals surface area contributed by atoms with E-state index in [4.69, 9.17) is 9.47 Å². The minimum Gasteiger partial charge on any atom is -0.493 e. The van der Waals surface area contributed by atoms with E-state index in [0.717, 1.165) is 42.5 Å². The van der Waals surface area contributed by atoms with Crippen LogP contribution in [0.5, 0.6) is 11.5 Å². The Balaban J connectivity index is 1.16. The summed E-state index contributed by atoms with van der Waals surface area (Å²) in [4.78, 5) is 30.0. The van der Waals surface area contributed by atoms with Crippen molar-refractivity contribution in [2.24, 2.45) is 5.10 Å². The highest BCUT2D eigenvalue weighted by Gasteiger charge is 2.15. The Kier molecular flexibility index (Phi) is 10.7. The molecule has 11 heteroatoms. The Morgan fingerprint density at radius 1 is 1.00 bits per heavy atom. The molecule has 4 aromatic carbocycles. The Bertz CT molecular complexity index is 1890. The van der Waals surface area contributed by atoms with Gasteiger partial charge in [0.05, 0.1) is 22.6 Å².